The maximum atomic E-state index is 11.7. The second kappa shape index (κ2) is 8.14. The number of esters is 1. The number of hydrogen-bond donors (Lipinski definition) is 1. The molecule has 0 bridgehead atoms. The van der Waals surface area contributed by atoms with Gasteiger partial charge in [-0.1, -0.05) is 12.1 Å². The fourth-order valence-corrected chi connectivity index (χ4v) is 2.36. The van der Waals surface area contributed by atoms with Crippen molar-refractivity contribution < 1.29 is 22.7 Å². The molecule has 1 rings (SSSR count). The molecule has 0 aliphatic heterocycles. The predicted octanol–water partition coefficient (Wildman–Crippen LogP) is 0.418. The summed E-state index contributed by atoms with van der Waals surface area (Å²) in [5, 5.41) is 10.7. The third-order valence-corrected chi connectivity index (χ3v) is 3.37. The monoisotopic (exact) mass is 324 g/mol. The van der Waals surface area contributed by atoms with Gasteiger partial charge in [-0.25, -0.2) is 13.2 Å². The Balaban J connectivity index is 2.49. The minimum absolute atomic E-state index is 0.108. The first kappa shape index (κ1) is 17.7. The van der Waals surface area contributed by atoms with Crippen LogP contribution in [0.25, 0.3) is 0 Å². The number of amides is 1. The van der Waals surface area contributed by atoms with Crippen LogP contribution in [0.5, 0.6) is 0 Å². The Morgan fingerprint density at radius 2 is 1.91 bits per heavy atom. The third-order valence-electron chi connectivity index (χ3n) is 2.51. The number of ether oxygens (including phenoxy) is 1. The Labute approximate surface area is 128 Å². The van der Waals surface area contributed by atoms with Gasteiger partial charge in [0.15, 0.2) is 16.4 Å². The van der Waals surface area contributed by atoms with E-state index in [-0.39, 0.29) is 24.3 Å². The van der Waals surface area contributed by atoms with E-state index in [2.05, 4.69) is 5.32 Å². The standard InChI is InChI=1S/C14H16N2O5S/c1-22(19,20)10-11-3-5-12(6-4-11)14(18)21-9-13(17)16-8-2-7-15/h3-6H,2,8-10H2,1H3,(H,16,17). The van der Waals surface area contributed by atoms with Gasteiger partial charge < -0.3 is 10.1 Å². The zero-order valence-corrected chi connectivity index (χ0v) is 12.9. The number of benzene rings is 1. The van der Waals surface area contributed by atoms with Gasteiger partial charge in [-0.05, 0) is 17.7 Å². The first-order valence-electron chi connectivity index (χ1n) is 6.39. The van der Waals surface area contributed by atoms with Crippen LogP contribution in [0.15, 0.2) is 24.3 Å². The SMILES string of the molecule is CS(=O)(=O)Cc1ccc(C(=O)OCC(=O)NCCC#N)cc1. The lowest BCUT2D eigenvalue weighted by molar-refractivity contribution is -0.124. The summed E-state index contributed by atoms with van der Waals surface area (Å²) in [6.07, 6.45) is 1.31. The van der Waals surface area contributed by atoms with Crippen molar-refractivity contribution in [3.63, 3.8) is 0 Å². The molecule has 0 radical (unpaired) electrons. The molecule has 22 heavy (non-hydrogen) atoms. The summed E-state index contributed by atoms with van der Waals surface area (Å²) >= 11 is 0. The van der Waals surface area contributed by atoms with Gasteiger partial charge in [-0.3, -0.25) is 4.79 Å². The van der Waals surface area contributed by atoms with Gasteiger partial charge in [0.05, 0.1) is 23.8 Å². The van der Waals surface area contributed by atoms with E-state index in [1.165, 1.54) is 24.3 Å². The Morgan fingerprint density at radius 1 is 1.27 bits per heavy atom. The molecule has 0 unspecified atom stereocenters. The molecule has 7 nitrogen and oxygen atoms in total. The van der Waals surface area contributed by atoms with E-state index in [4.69, 9.17) is 10.00 Å². The summed E-state index contributed by atoms with van der Waals surface area (Å²) in [6.45, 7) is -0.234. The van der Waals surface area contributed by atoms with Gasteiger partial charge in [0.1, 0.15) is 0 Å². The predicted molar refractivity (Wildman–Crippen MR) is 78.5 cm³/mol. The lowest BCUT2D eigenvalue weighted by Gasteiger charge is -2.06. The van der Waals surface area contributed by atoms with Crippen LogP contribution in [0.3, 0.4) is 0 Å². The number of carbonyl (C=O) groups excluding carboxylic acids is 2. The van der Waals surface area contributed by atoms with Crippen molar-refractivity contribution in [2.45, 2.75) is 12.2 Å². The van der Waals surface area contributed by atoms with Crippen molar-refractivity contribution in [3.05, 3.63) is 35.4 Å². The molecule has 0 spiro atoms. The van der Waals surface area contributed by atoms with Crippen LogP contribution in [-0.4, -0.2) is 39.7 Å². The molecule has 8 heteroatoms. The van der Waals surface area contributed by atoms with Crippen molar-refractivity contribution in [2.75, 3.05) is 19.4 Å². The van der Waals surface area contributed by atoms with E-state index in [9.17, 15) is 18.0 Å². The molecule has 1 aromatic carbocycles. The normalized spacial score (nSPS) is 10.5. The lowest BCUT2D eigenvalue weighted by atomic mass is 10.1. The molecule has 118 valence electrons. The zero-order chi connectivity index (χ0) is 16.6. The van der Waals surface area contributed by atoms with Gasteiger partial charge >= 0.3 is 5.97 Å². The van der Waals surface area contributed by atoms with Crippen LogP contribution >= 0.6 is 0 Å². The Morgan fingerprint density at radius 3 is 2.45 bits per heavy atom. The van der Waals surface area contributed by atoms with Crippen LogP contribution in [0, 0.1) is 11.3 Å². The zero-order valence-electron chi connectivity index (χ0n) is 12.0. The molecule has 0 aromatic heterocycles. The molecule has 0 saturated heterocycles. The number of hydrogen-bond acceptors (Lipinski definition) is 6. The van der Waals surface area contributed by atoms with E-state index in [0.717, 1.165) is 6.26 Å². The van der Waals surface area contributed by atoms with E-state index < -0.39 is 28.3 Å². The second-order valence-corrected chi connectivity index (χ2v) is 6.74. The molecule has 0 aliphatic carbocycles. The molecule has 1 amide bonds. The first-order valence-corrected chi connectivity index (χ1v) is 8.45. The summed E-state index contributed by atoms with van der Waals surface area (Å²) in [6, 6.07) is 7.79. The van der Waals surface area contributed by atoms with Crippen LogP contribution in [0.1, 0.15) is 22.3 Å². The Kier molecular flexibility index (Phi) is 6.53. The molecule has 0 atom stereocenters. The minimum Gasteiger partial charge on any atom is -0.452 e. The van der Waals surface area contributed by atoms with Crippen LogP contribution < -0.4 is 5.32 Å². The second-order valence-electron chi connectivity index (χ2n) is 4.60. The lowest BCUT2D eigenvalue weighted by Crippen LogP contribution is -2.29. The van der Waals surface area contributed by atoms with Gasteiger partial charge in [0, 0.05) is 12.8 Å². The molecular weight excluding hydrogens is 308 g/mol. The molecule has 1 N–H and O–H groups in total. The summed E-state index contributed by atoms with van der Waals surface area (Å²) in [5.41, 5.74) is 0.787. The highest BCUT2D eigenvalue weighted by Gasteiger charge is 2.11. The summed E-state index contributed by atoms with van der Waals surface area (Å²) in [4.78, 5) is 23.0. The number of sulfone groups is 1. The molecule has 0 saturated carbocycles. The topological polar surface area (TPSA) is 113 Å². The van der Waals surface area contributed by atoms with E-state index in [0.29, 0.717) is 5.56 Å². The smallest absolute Gasteiger partial charge is 0.338 e. The summed E-state index contributed by atoms with van der Waals surface area (Å²) in [5.74, 6) is -1.28. The van der Waals surface area contributed by atoms with Gasteiger partial charge in [0.2, 0.25) is 0 Å². The van der Waals surface area contributed by atoms with Crippen molar-refractivity contribution >= 4 is 21.7 Å². The van der Waals surface area contributed by atoms with E-state index >= 15 is 0 Å². The van der Waals surface area contributed by atoms with Gasteiger partial charge in [-0.15, -0.1) is 0 Å². The van der Waals surface area contributed by atoms with Gasteiger partial charge in [-0.2, -0.15) is 5.26 Å². The van der Waals surface area contributed by atoms with E-state index in [1.54, 1.807) is 0 Å². The van der Waals surface area contributed by atoms with Crippen molar-refractivity contribution in [2.24, 2.45) is 0 Å². The molecule has 1 aromatic rings. The van der Waals surface area contributed by atoms with Crippen LogP contribution in [0.2, 0.25) is 0 Å². The van der Waals surface area contributed by atoms with E-state index in [1.807, 2.05) is 6.07 Å². The van der Waals surface area contributed by atoms with Crippen LogP contribution in [0.4, 0.5) is 0 Å². The fraction of sp³-hybridized carbons (Fsp3) is 0.357. The van der Waals surface area contributed by atoms with Crippen molar-refractivity contribution in [3.8, 4) is 6.07 Å². The Hall–Kier alpha value is -2.40. The number of nitrogens with one attached hydrogen (secondary N) is 1. The average Bonchev–Trinajstić information content (AvgIpc) is 2.44. The molecule has 0 fully saturated rings. The van der Waals surface area contributed by atoms with Gasteiger partial charge in [0.25, 0.3) is 5.91 Å². The number of nitrogens with zero attached hydrogens (tertiary/aromatic N) is 1. The molecule has 0 heterocycles. The molecule has 0 aliphatic rings. The largest absolute Gasteiger partial charge is 0.452 e. The number of nitriles is 1. The maximum absolute atomic E-state index is 11.7. The third kappa shape index (κ3) is 6.85. The number of carbonyl (C=O) groups is 2. The molecular formula is C14H16N2O5S. The van der Waals surface area contributed by atoms with Crippen LogP contribution in [-0.2, 0) is 25.1 Å². The summed E-state index contributed by atoms with van der Waals surface area (Å²) < 4.78 is 27.1. The Bertz CT molecular complexity index is 674. The fourth-order valence-electron chi connectivity index (χ4n) is 1.56. The summed E-state index contributed by atoms with van der Waals surface area (Å²) in [7, 11) is -3.13. The quantitative estimate of drug-likeness (QED) is 0.574. The number of rotatable bonds is 7. The van der Waals surface area contributed by atoms with Crippen molar-refractivity contribution in [1.82, 2.24) is 5.32 Å². The highest BCUT2D eigenvalue weighted by molar-refractivity contribution is 7.89. The highest BCUT2D eigenvalue weighted by Crippen LogP contribution is 2.09. The maximum Gasteiger partial charge on any atom is 0.338 e. The minimum atomic E-state index is -3.13. The first-order chi connectivity index (χ1) is 10.3. The van der Waals surface area contributed by atoms with Crippen molar-refractivity contribution in [1.29, 1.82) is 5.26 Å². The average molecular weight is 324 g/mol. The highest BCUT2D eigenvalue weighted by atomic mass is 32.2.